The summed E-state index contributed by atoms with van der Waals surface area (Å²) in [5.41, 5.74) is 0. The Balaban J connectivity index is 4.39. The summed E-state index contributed by atoms with van der Waals surface area (Å²) in [6, 6.07) is -1.51. The maximum atomic E-state index is 11.7. The highest BCUT2D eigenvalue weighted by atomic mass is 16.4. The van der Waals surface area contributed by atoms with Crippen LogP contribution in [0.5, 0.6) is 0 Å². The third-order valence-electron chi connectivity index (χ3n) is 2.47. The summed E-state index contributed by atoms with van der Waals surface area (Å²) in [4.78, 5) is 23.9. The Labute approximate surface area is 106 Å². The number of aliphatic hydroxyl groups excluding tert-OH is 2. The highest BCUT2D eigenvalue weighted by molar-refractivity contribution is 5.82. The van der Waals surface area contributed by atoms with Crippen molar-refractivity contribution in [3.63, 3.8) is 0 Å². The number of nitrogens with zero attached hydrogens (tertiary/aromatic N) is 1. The molecule has 1 atom stereocenters. The standard InChI is InChI=1S/C11H22N2O5/c1-2-3-4-9(10(16)17)12-11(18)13(5-7-14)6-8-15/h9,14-15H,2-8H2,1H3,(H,12,18)(H,16,17). The zero-order chi connectivity index (χ0) is 14.0. The van der Waals surface area contributed by atoms with Gasteiger partial charge in [0, 0.05) is 13.1 Å². The predicted octanol–water partition coefficient (Wildman–Crippen LogP) is -0.374. The molecular weight excluding hydrogens is 240 g/mol. The van der Waals surface area contributed by atoms with Crippen molar-refractivity contribution in [2.24, 2.45) is 0 Å². The molecule has 0 saturated heterocycles. The van der Waals surface area contributed by atoms with E-state index >= 15 is 0 Å². The van der Waals surface area contributed by atoms with E-state index in [9.17, 15) is 9.59 Å². The van der Waals surface area contributed by atoms with Crippen LogP contribution in [0, 0.1) is 0 Å². The third kappa shape index (κ3) is 6.41. The molecular formula is C11H22N2O5. The summed E-state index contributed by atoms with van der Waals surface area (Å²) < 4.78 is 0. The molecule has 0 aliphatic rings. The van der Waals surface area contributed by atoms with Gasteiger partial charge in [0.2, 0.25) is 0 Å². The highest BCUT2D eigenvalue weighted by Gasteiger charge is 2.22. The van der Waals surface area contributed by atoms with E-state index in [1.807, 2.05) is 6.92 Å². The summed E-state index contributed by atoms with van der Waals surface area (Å²) in [6.45, 7) is 1.59. The molecule has 0 rings (SSSR count). The molecule has 0 bridgehead atoms. The smallest absolute Gasteiger partial charge is 0.326 e. The van der Waals surface area contributed by atoms with Gasteiger partial charge in [-0.1, -0.05) is 19.8 Å². The quantitative estimate of drug-likeness (QED) is 0.453. The number of carbonyl (C=O) groups is 2. The van der Waals surface area contributed by atoms with Crippen molar-refractivity contribution < 1.29 is 24.9 Å². The van der Waals surface area contributed by atoms with Crippen molar-refractivity contribution in [3.8, 4) is 0 Å². The van der Waals surface area contributed by atoms with E-state index < -0.39 is 18.0 Å². The number of aliphatic carboxylic acids is 1. The van der Waals surface area contributed by atoms with Gasteiger partial charge in [0.25, 0.3) is 0 Å². The molecule has 0 aliphatic heterocycles. The molecule has 4 N–H and O–H groups in total. The number of urea groups is 1. The average Bonchev–Trinajstić information content (AvgIpc) is 2.33. The number of carboxylic acid groups (broad SMARTS) is 1. The minimum atomic E-state index is -1.08. The second kappa shape index (κ2) is 9.67. The lowest BCUT2D eigenvalue weighted by atomic mass is 10.1. The van der Waals surface area contributed by atoms with Crippen LogP contribution in [0.25, 0.3) is 0 Å². The zero-order valence-electron chi connectivity index (χ0n) is 10.6. The number of aliphatic hydroxyl groups is 2. The van der Waals surface area contributed by atoms with Crippen molar-refractivity contribution in [2.75, 3.05) is 26.3 Å². The van der Waals surface area contributed by atoms with Crippen LogP contribution >= 0.6 is 0 Å². The summed E-state index contributed by atoms with van der Waals surface area (Å²) in [7, 11) is 0. The Morgan fingerprint density at radius 3 is 2.17 bits per heavy atom. The summed E-state index contributed by atoms with van der Waals surface area (Å²) in [5.74, 6) is -1.08. The van der Waals surface area contributed by atoms with Crippen LogP contribution in [0.3, 0.4) is 0 Å². The minimum absolute atomic E-state index is 0.0620. The fourth-order valence-corrected chi connectivity index (χ4v) is 1.46. The molecule has 0 spiro atoms. The first-order chi connectivity index (χ1) is 8.56. The van der Waals surface area contributed by atoms with Gasteiger partial charge in [-0.25, -0.2) is 9.59 Å². The molecule has 7 nitrogen and oxygen atoms in total. The van der Waals surface area contributed by atoms with Crippen LogP contribution in [0.2, 0.25) is 0 Å². The Hall–Kier alpha value is -1.34. The van der Waals surface area contributed by atoms with E-state index in [1.54, 1.807) is 0 Å². The molecule has 0 fully saturated rings. The maximum absolute atomic E-state index is 11.7. The van der Waals surface area contributed by atoms with E-state index in [-0.39, 0.29) is 26.3 Å². The van der Waals surface area contributed by atoms with Gasteiger partial charge in [0.15, 0.2) is 0 Å². The SMILES string of the molecule is CCCCC(NC(=O)N(CCO)CCO)C(=O)O. The lowest BCUT2D eigenvalue weighted by molar-refractivity contribution is -0.139. The van der Waals surface area contributed by atoms with E-state index in [4.69, 9.17) is 15.3 Å². The van der Waals surface area contributed by atoms with Crippen LogP contribution in [0.4, 0.5) is 4.79 Å². The number of hydrogen-bond donors (Lipinski definition) is 4. The summed E-state index contributed by atoms with van der Waals surface area (Å²) >= 11 is 0. The predicted molar refractivity (Wildman–Crippen MR) is 65.2 cm³/mol. The summed E-state index contributed by atoms with van der Waals surface area (Å²) in [6.07, 6.45) is 1.91. The molecule has 106 valence electrons. The lowest BCUT2D eigenvalue weighted by Gasteiger charge is -2.23. The van der Waals surface area contributed by atoms with Crippen LogP contribution in [0.1, 0.15) is 26.2 Å². The van der Waals surface area contributed by atoms with Crippen molar-refractivity contribution >= 4 is 12.0 Å². The first-order valence-electron chi connectivity index (χ1n) is 6.06. The van der Waals surface area contributed by atoms with Gasteiger partial charge in [-0.15, -0.1) is 0 Å². The van der Waals surface area contributed by atoms with Crippen LogP contribution in [0.15, 0.2) is 0 Å². The second-order valence-electron chi connectivity index (χ2n) is 3.92. The van der Waals surface area contributed by atoms with Crippen molar-refractivity contribution in [1.29, 1.82) is 0 Å². The van der Waals surface area contributed by atoms with E-state index in [2.05, 4.69) is 5.32 Å². The van der Waals surface area contributed by atoms with Gasteiger partial charge < -0.3 is 25.5 Å². The van der Waals surface area contributed by atoms with Crippen LogP contribution in [-0.4, -0.2) is 64.6 Å². The maximum Gasteiger partial charge on any atom is 0.326 e. The average molecular weight is 262 g/mol. The molecule has 2 amide bonds. The normalized spacial score (nSPS) is 11.9. The number of unbranched alkanes of at least 4 members (excludes halogenated alkanes) is 1. The number of hydrogen-bond acceptors (Lipinski definition) is 4. The van der Waals surface area contributed by atoms with E-state index in [1.165, 1.54) is 4.90 Å². The van der Waals surface area contributed by atoms with Gasteiger partial charge in [-0.05, 0) is 6.42 Å². The lowest BCUT2D eigenvalue weighted by Crippen LogP contribution is -2.49. The number of nitrogens with one attached hydrogen (secondary N) is 1. The molecule has 0 aromatic rings. The number of carbonyl (C=O) groups excluding carboxylic acids is 1. The van der Waals surface area contributed by atoms with E-state index in [0.29, 0.717) is 12.8 Å². The van der Waals surface area contributed by atoms with Crippen LogP contribution in [-0.2, 0) is 4.79 Å². The minimum Gasteiger partial charge on any atom is -0.480 e. The first kappa shape index (κ1) is 16.7. The molecule has 0 radical (unpaired) electrons. The number of amides is 2. The van der Waals surface area contributed by atoms with E-state index in [0.717, 1.165) is 6.42 Å². The molecule has 18 heavy (non-hydrogen) atoms. The summed E-state index contributed by atoms with van der Waals surface area (Å²) in [5, 5.41) is 28.9. The molecule has 7 heteroatoms. The fourth-order valence-electron chi connectivity index (χ4n) is 1.46. The van der Waals surface area contributed by atoms with Gasteiger partial charge in [-0.2, -0.15) is 0 Å². The first-order valence-corrected chi connectivity index (χ1v) is 6.06. The Kier molecular flexibility index (Phi) is 8.95. The van der Waals surface area contributed by atoms with Crippen molar-refractivity contribution in [1.82, 2.24) is 10.2 Å². The largest absolute Gasteiger partial charge is 0.480 e. The monoisotopic (exact) mass is 262 g/mol. The highest BCUT2D eigenvalue weighted by Crippen LogP contribution is 2.02. The molecule has 0 aliphatic carbocycles. The van der Waals surface area contributed by atoms with Crippen LogP contribution < -0.4 is 5.32 Å². The Bertz CT molecular complexity index is 254. The molecule has 1 unspecified atom stereocenters. The van der Waals surface area contributed by atoms with Crippen molar-refractivity contribution in [3.05, 3.63) is 0 Å². The topological polar surface area (TPSA) is 110 Å². The van der Waals surface area contributed by atoms with Gasteiger partial charge in [-0.3, -0.25) is 0 Å². The second-order valence-corrected chi connectivity index (χ2v) is 3.92. The number of carboxylic acids is 1. The van der Waals surface area contributed by atoms with Gasteiger partial charge in [0.1, 0.15) is 6.04 Å². The molecule has 0 heterocycles. The molecule has 0 aromatic carbocycles. The third-order valence-corrected chi connectivity index (χ3v) is 2.47. The van der Waals surface area contributed by atoms with Crippen molar-refractivity contribution in [2.45, 2.75) is 32.2 Å². The Morgan fingerprint density at radius 2 is 1.78 bits per heavy atom. The number of rotatable bonds is 9. The van der Waals surface area contributed by atoms with Gasteiger partial charge >= 0.3 is 12.0 Å². The molecule has 0 saturated carbocycles. The fraction of sp³-hybridized carbons (Fsp3) is 0.818. The van der Waals surface area contributed by atoms with Gasteiger partial charge in [0.05, 0.1) is 13.2 Å². The molecule has 0 aromatic heterocycles. The Morgan fingerprint density at radius 1 is 1.22 bits per heavy atom. The zero-order valence-corrected chi connectivity index (χ0v) is 10.6.